The molecular formula is C17H17N3O3. The fraction of sp³-hybridized carbons (Fsp3) is 0.353. The Morgan fingerprint density at radius 1 is 1.22 bits per heavy atom. The van der Waals surface area contributed by atoms with Crippen LogP contribution in [0.3, 0.4) is 0 Å². The number of hydrogen-bond acceptors (Lipinski definition) is 4. The van der Waals surface area contributed by atoms with Gasteiger partial charge in [-0.3, -0.25) is 19.3 Å². The zero-order chi connectivity index (χ0) is 16.0. The molecule has 4 rings (SSSR count). The zero-order valence-electron chi connectivity index (χ0n) is 12.8. The predicted octanol–water partition coefficient (Wildman–Crippen LogP) is 2.36. The van der Waals surface area contributed by atoms with E-state index in [4.69, 9.17) is 4.74 Å². The van der Waals surface area contributed by atoms with Crippen LogP contribution in [0, 0.1) is 0 Å². The first kappa shape index (κ1) is 14.0. The Hall–Kier alpha value is -2.63. The van der Waals surface area contributed by atoms with Gasteiger partial charge in [0.2, 0.25) is 0 Å². The number of aromatic nitrogens is 3. The smallest absolute Gasteiger partial charge is 0.329 e. The van der Waals surface area contributed by atoms with Crippen molar-refractivity contribution < 1.29 is 4.74 Å². The van der Waals surface area contributed by atoms with E-state index in [9.17, 15) is 9.59 Å². The minimum Gasteiger partial charge on any atom is -0.494 e. The van der Waals surface area contributed by atoms with Crippen LogP contribution < -0.4 is 16.0 Å². The van der Waals surface area contributed by atoms with Crippen LogP contribution in [0.25, 0.3) is 21.8 Å². The van der Waals surface area contributed by atoms with Gasteiger partial charge in [0, 0.05) is 17.6 Å². The molecule has 2 heterocycles. The second kappa shape index (κ2) is 5.22. The number of H-pyrrole nitrogens is 1. The van der Waals surface area contributed by atoms with Crippen LogP contribution in [0.15, 0.2) is 34.0 Å². The molecule has 1 N–H and O–H groups in total. The molecule has 0 radical (unpaired) electrons. The van der Waals surface area contributed by atoms with Crippen molar-refractivity contribution in [2.75, 3.05) is 7.11 Å². The van der Waals surface area contributed by atoms with Gasteiger partial charge in [-0.15, -0.1) is 0 Å². The van der Waals surface area contributed by atoms with Crippen molar-refractivity contribution >= 4 is 21.8 Å². The number of aromatic amines is 1. The van der Waals surface area contributed by atoms with E-state index in [0.29, 0.717) is 22.2 Å². The summed E-state index contributed by atoms with van der Waals surface area (Å²) in [5, 5.41) is 1.22. The molecular weight excluding hydrogens is 294 g/mol. The average Bonchev–Trinajstić information content (AvgIpc) is 3.08. The van der Waals surface area contributed by atoms with Crippen molar-refractivity contribution in [2.45, 2.75) is 31.7 Å². The first-order valence-electron chi connectivity index (χ1n) is 7.81. The summed E-state index contributed by atoms with van der Waals surface area (Å²) in [6, 6.07) is 5.69. The Balaban J connectivity index is 2.21. The second-order valence-corrected chi connectivity index (χ2v) is 5.94. The lowest BCUT2D eigenvalue weighted by Gasteiger charge is -2.17. The SMILES string of the molecule is COc1cccc2c1ncc1c(=O)[nH]c(=O)n(C3CCCC3)c12. The number of pyridine rings is 1. The maximum Gasteiger partial charge on any atom is 0.329 e. The van der Waals surface area contributed by atoms with Gasteiger partial charge in [0.25, 0.3) is 5.56 Å². The van der Waals surface area contributed by atoms with Crippen molar-refractivity contribution in [3.8, 4) is 5.75 Å². The van der Waals surface area contributed by atoms with Gasteiger partial charge in [0.15, 0.2) is 0 Å². The lowest BCUT2D eigenvalue weighted by molar-refractivity contribution is 0.419. The number of nitrogens with one attached hydrogen (secondary N) is 1. The van der Waals surface area contributed by atoms with E-state index in [1.807, 2.05) is 18.2 Å². The van der Waals surface area contributed by atoms with Gasteiger partial charge < -0.3 is 4.74 Å². The number of methoxy groups -OCH3 is 1. The van der Waals surface area contributed by atoms with Crippen LogP contribution in [0.4, 0.5) is 0 Å². The minimum absolute atomic E-state index is 0.124. The van der Waals surface area contributed by atoms with E-state index in [1.54, 1.807) is 11.7 Å². The molecule has 0 atom stereocenters. The van der Waals surface area contributed by atoms with Crippen LogP contribution in [0.5, 0.6) is 5.75 Å². The molecule has 1 saturated carbocycles. The summed E-state index contributed by atoms with van der Waals surface area (Å²) in [4.78, 5) is 31.5. The molecule has 3 aromatic rings. The summed E-state index contributed by atoms with van der Waals surface area (Å²) >= 11 is 0. The fourth-order valence-electron chi connectivity index (χ4n) is 3.61. The molecule has 0 aliphatic heterocycles. The summed E-state index contributed by atoms with van der Waals surface area (Å²) < 4.78 is 7.11. The molecule has 2 aromatic heterocycles. The van der Waals surface area contributed by atoms with Gasteiger partial charge in [0.1, 0.15) is 11.3 Å². The van der Waals surface area contributed by atoms with E-state index < -0.39 is 5.56 Å². The Kier molecular flexibility index (Phi) is 3.18. The first-order chi connectivity index (χ1) is 11.2. The fourth-order valence-corrected chi connectivity index (χ4v) is 3.61. The molecule has 23 heavy (non-hydrogen) atoms. The lowest BCUT2D eigenvalue weighted by Crippen LogP contribution is -2.32. The normalized spacial score (nSPS) is 15.5. The predicted molar refractivity (Wildman–Crippen MR) is 88.2 cm³/mol. The van der Waals surface area contributed by atoms with Crippen LogP contribution >= 0.6 is 0 Å². The van der Waals surface area contributed by atoms with Crippen LogP contribution in [0.2, 0.25) is 0 Å². The van der Waals surface area contributed by atoms with Crippen molar-refractivity contribution in [1.82, 2.24) is 14.5 Å². The average molecular weight is 311 g/mol. The lowest BCUT2D eigenvalue weighted by atomic mass is 10.1. The highest BCUT2D eigenvalue weighted by atomic mass is 16.5. The third-order valence-corrected chi connectivity index (χ3v) is 4.67. The molecule has 1 aliphatic rings. The molecule has 0 amide bonds. The zero-order valence-corrected chi connectivity index (χ0v) is 12.8. The molecule has 0 saturated heterocycles. The van der Waals surface area contributed by atoms with Crippen molar-refractivity contribution in [3.63, 3.8) is 0 Å². The van der Waals surface area contributed by atoms with Crippen LogP contribution in [-0.4, -0.2) is 21.6 Å². The molecule has 118 valence electrons. The van der Waals surface area contributed by atoms with Crippen LogP contribution in [0.1, 0.15) is 31.7 Å². The summed E-state index contributed by atoms with van der Waals surface area (Å²) in [5.41, 5.74) is 0.593. The molecule has 0 unspecified atom stereocenters. The van der Waals surface area contributed by atoms with Gasteiger partial charge in [-0.05, 0) is 18.9 Å². The molecule has 1 fully saturated rings. The number of para-hydroxylation sites is 1. The van der Waals surface area contributed by atoms with Gasteiger partial charge in [-0.1, -0.05) is 25.0 Å². The summed E-state index contributed by atoms with van der Waals surface area (Å²) in [7, 11) is 1.59. The summed E-state index contributed by atoms with van der Waals surface area (Å²) in [5.74, 6) is 0.634. The first-order valence-corrected chi connectivity index (χ1v) is 7.81. The number of hydrogen-bond donors (Lipinski definition) is 1. The highest BCUT2D eigenvalue weighted by Crippen LogP contribution is 2.33. The second-order valence-electron chi connectivity index (χ2n) is 5.94. The quantitative estimate of drug-likeness (QED) is 0.737. The Labute approximate surface area is 131 Å². The molecule has 1 aliphatic carbocycles. The van der Waals surface area contributed by atoms with Crippen molar-refractivity contribution in [3.05, 3.63) is 45.2 Å². The number of nitrogens with zero attached hydrogens (tertiary/aromatic N) is 2. The number of rotatable bonds is 2. The number of fused-ring (bicyclic) bond motifs is 3. The number of ether oxygens (including phenoxy) is 1. The van der Waals surface area contributed by atoms with Crippen molar-refractivity contribution in [2.24, 2.45) is 0 Å². The van der Waals surface area contributed by atoms with E-state index in [-0.39, 0.29) is 11.7 Å². The Bertz CT molecular complexity index is 1010. The molecule has 6 nitrogen and oxygen atoms in total. The molecule has 1 aromatic carbocycles. The highest BCUT2D eigenvalue weighted by Gasteiger charge is 2.22. The third kappa shape index (κ3) is 2.05. The minimum atomic E-state index is -0.392. The standard InChI is InChI=1S/C17H17N3O3/c1-23-13-8-4-7-11-14(13)18-9-12-15(11)20(10-5-2-3-6-10)17(22)19-16(12)21/h4,7-10H,2-3,5-6H2,1H3,(H,19,21,22). The highest BCUT2D eigenvalue weighted by molar-refractivity contribution is 6.04. The summed E-state index contributed by atoms with van der Waals surface area (Å²) in [6.45, 7) is 0. The van der Waals surface area contributed by atoms with E-state index in [2.05, 4.69) is 9.97 Å². The van der Waals surface area contributed by atoms with Gasteiger partial charge in [-0.25, -0.2) is 4.79 Å². The molecule has 0 bridgehead atoms. The van der Waals surface area contributed by atoms with Gasteiger partial charge in [0.05, 0.1) is 18.0 Å². The van der Waals surface area contributed by atoms with E-state index in [1.165, 1.54) is 6.20 Å². The molecule has 0 spiro atoms. The van der Waals surface area contributed by atoms with Crippen LogP contribution in [-0.2, 0) is 0 Å². The summed E-state index contributed by atoms with van der Waals surface area (Å²) in [6.07, 6.45) is 5.64. The van der Waals surface area contributed by atoms with E-state index >= 15 is 0 Å². The van der Waals surface area contributed by atoms with Crippen molar-refractivity contribution in [1.29, 1.82) is 0 Å². The monoisotopic (exact) mass is 311 g/mol. The Morgan fingerprint density at radius 2 is 2.00 bits per heavy atom. The number of benzene rings is 1. The largest absolute Gasteiger partial charge is 0.494 e. The molecule has 6 heteroatoms. The van der Waals surface area contributed by atoms with Gasteiger partial charge in [-0.2, -0.15) is 0 Å². The maximum absolute atomic E-state index is 12.5. The third-order valence-electron chi connectivity index (χ3n) is 4.67. The Morgan fingerprint density at radius 3 is 2.74 bits per heavy atom. The van der Waals surface area contributed by atoms with Gasteiger partial charge >= 0.3 is 5.69 Å². The van der Waals surface area contributed by atoms with E-state index in [0.717, 1.165) is 31.1 Å². The maximum atomic E-state index is 12.5. The topological polar surface area (TPSA) is 77.0 Å².